The lowest BCUT2D eigenvalue weighted by atomic mass is 9.98. The summed E-state index contributed by atoms with van der Waals surface area (Å²) in [5.74, 6) is -0.799. The lowest BCUT2D eigenvalue weighted by Gasteiger charge is -2.37. The van der Waals surface area contributed by atoms with Gasteiger partial charge in [-0.2, -0.15) is 0 Å². The molecule has 0 saturated carbocycles. The molecule has 3 amide bonds. The Morgan fingerprint density at radius 2 is 1.58 bits per heavy atom. The minimum absolute atomic E-state index is 0.173. The van der Waals surface area contributed by atoms with Crippen molar-refractivity contribution in [3.8, 4) is 0 Å². The first-order valence-electron chi connectivity index (χ1n) is 10.4. The zero-order valence-electron chi connectivity index (χ0n) is 18.3. The van der Waals surface area contributed by atoms with E-state index in [1.807, 2.05) is 27.7 Å². The van der Waals surface area contributed by atoms with Crippen LogP contribution in [0, 0.1) is 0 Å². The van der Waals surface area contributed by atoms with Crippen LogP contribution in [-0.2, 0) is 4.79 Å². The van der Waals surface area contributed by atoms with Crippen molar-refractivity contribution < 1.29 is 14.4 Å². The zero-order chi connectivity index (χ0) is 22.8. The fraction of sp³-hybridized carbons (Fsp3) is 0.375. The number of rotatable bonds is 4. The molecule has 7 heteroatoms. The van der Waals surface area contributed by atoms with Gasteiger partial charge in [-0.1, -0.05) is 35.9 Å². The molecule has 1 heterocycles. The maximum atomic E-state index is 13.6. The van der Waals surface area contributed by atoms with Crippen LogP contribution in [0.4, 0.5) is 0 Å². The summed E-state index contributed by atoms with van der Waals surface area (Å²) in [7, 11) is 0. The number of amides is 3. The summed E-state index contributed by atoms with van der Waals surface area (Å²) in [5, 5.41) is 3.54. The molecule has 1 atom stereocenters. The number of halogens is 1. The minimum atomic E-state index is -0.857. The SMILES string of the molecule is CCN1CCN(C(C(=O)NC(C)(C)C)c2ccc(Cl)cc2)C(=O)c2ccccc2C1=O. The highest BCUT2D eigenvalue weighted by Gasteiger charge is 2.37. The van der Waals surface area contributed by atoms with E-state index < -0.39 is 11.6 Å². The number of hydrogen-bond acceptors (Lipinski definition) is 3. The molecule has 0 fully saturated rings. The molecule has 1 aliphatic rings. The number of likely N-dealkylation sites (N-methyl/N-ethyl adjacent to an activating group) is 1. The van der Waals surface area contributed by atoms with Crippen LogP contribution in [0.3, 0.4) is 0 Å². The van der Waals surface area contributed by atoms with Crippen molar-refractivity contribution in [2.24, 2.45) is 0 Å². The van der Waals surface area contributed by atoms with E-state index in [-0.39, 0.29) is 24.3 Å². The first-order valence-corrected chi connectivity index (χ1v) is 10.8. The molecule has 0 spiro atoms. The molecular weight excluding hydrogens is 414 g/mol. The highest BCUT2D eigenvalue weighted by atomic mass is 35.5. The molecule has 3 rings (SSSR count). The molecule has 1 aliphatic heterocycles. The Balaban J connectivity index is 2.12. The van der Waals surface area contributed by atoms with Crippen molar-refractivity contribution in [3.63, 3.8) is 0 Å². The molecule has 164 valence electrons. The third-order valence-corrected chi connectivity index (χ3v) is 5.42. The van der Waals surface area contributed by atoms with Gasteiger partial charge >= 0.3 is 0 Å². The van der Waals surface area contributed by atoms with Crippen LogP contribution in [0.2, 0.25) is 5.02 Å². The number of hydrogen-bond donors (Lipinski definition) is 1. The number of fused-ring (bicyclic) bond motifs is 1. The third-order valence-electron chi connectivity index (χ3n) is 5.17. The molecule has 6 nitrogen and oxygen atoms in total. The van der Waals surface area contributed by atoms with E-state index >= 15 is 0 Å². The average molecular weight is 442 g/mol. The Hall–Kier alpha value is -2.86. The summed E-state index contributed by atoms with van der Waals surface area (Å²) >= 11 is 6.06. The number of nitrogens with one attached hydrogen (secondary N) is 1. The summed E-state index contributed by atoms with van der Waals surface area (Å²) in [6, 6.07) is 12.8. The smallest absolute Gasteiger partial charge is 0.255 e. The first-order chi connectivity index (χ1) is 14.6. The topological polar surface area (TPSA) is 69.7 Å². The highest BCUT2D eigenvalue weighted by molar-refractivity contribution is 6.30. The summed E-state index contributed by atoms with van der Waals surface area (Å²) in [4.78, 5) is 43.2. The van der Waals surface area contributed by atoms with E-state index in [2.05, 4.69) is 5.32 Å². The van der Waals surface area contributed by atoms with Crippen LogP contribution in [0.25, 0.3) is 0 Å². The van der Waals surface area contributed by atoms with Gasteiger partial charge in [-0.25, -0.2) is 0 Å². The van der Waals surface area contributed by atoms with Gasteiger partial charge in [0.15, 0.2) is 0 Å². The highest BCUT2D eigenvalue weighted by Crippen LogP contribution is 2.28. The number of carbonyl (C=O) groups is 3. The van der Waals surface area contributed by atoms with Crippen molar-refractivity contribution in [1.82, 2.24) is 15.1 Å². The fourth-order valence-electron chi connectivity index (χ4n) is 3.72. The summed E-state index contributed by atoms with van der Waals surface area (Å²) in [6.07, 6.45) is 0. The van der Waals surface area contributed by atoms with Crippen molar-refractivity contribution >= 4 is 29.3 Å². The lowest BCUT2D eigenvalue weighted by molar-refractivity contribution is -0.127. The quantitative estimate of drug-likeness (QED) is 0.781. The Bertz CT molecular complexity index is 982. The average Bonchev–Trinajstić information content (AvgIpc) is 2.71. The minimum Gasteiger partial charge on any atom is -0.349 e. The van der Waals surface area contributed by atoms with Crippen LogP contribution in [-0.4, -0.2) is 52.7 Å². The largest absolute Gasteiger partial charge is 0.349 e. The Kier molecular flexibility index (Phi) is 6.70. The Morgan fingerprint density at radius 1 is 1.00 bits per heavy atom. The van der Waals surface area contributed by atoms with E-state index in [1.165, 1.54) is 0 Å². The van der Waals surface area contributed by atoms with Crippen molar-refractivity contribution in [2.75, 3.05) is 19.6 Å². The van der Waals surface area contributed by atoms with Gasteiger partial charge in [0.05, 0.1) is 11.1 Å². The van der Waals surface area contributed by atoms with E-state index in [4.69, 9.17) is 11.6 Å². The molecule has 1 N–H and O–H groups in total. The monoisotopic (exact) mass is 441 g/mol. The van der Waals surface area contributed by atoms with Crippen molar-refractivity contribution in [1.29, 1.82) is 0 Å². The second-order valence-electron chi connectivity index (χ2n) is 8.62. The molecule has 31 heavy (non-hydrogen) atoms. The Morgan fingerprint density at radius 3 is 2.13 bits per heavy atom. The maximum Gasteiger partial charge on any atom is 0.255 e. The van der Waals surface area contributed by atoms with Gasteiger partial charge in [-0.05, 0) is 57.5 Å². The maximum absolute atomic E-state index is 13.6. The number of benzene rings is 2. The Labute approximate surface area is 188 Å². The lowest BCUT2D eigenvalue weighted by Crippen LogP contribution is -2.52. The van der Waals surface area contributed by atoms with E-state index in [9.17, 15) is 14.4 Å². The fourth-order valence-corrected chi connectivity index (χ4v) is 3.84. The van der Waals surface area contributed by atoms with Crippen LogP contribution in [0.15, 0.2) is 48.5 Å². The molecule has 0 radical (unpaired) electrons. The van der Waals surface area contributed by atoms with E-state index in [1.54, 1.807) is 58.3 Å². The second kappa shape index (κ2) is 9.10. The van der Waals surface area contributed by atoms with E-state index in [0.29, 0.717) is 34.8 Å². The molecule has 0 aliphatic carbocycles. The zero-order valence-corrected chi connectivity index (χ0v) is 19.1. The van der Waals surface area contributed by atoms with Crippen molar-refractivity contribution in [3.05, 3.63) is 70.2 Å². The third kappa shape index (κ3) is 5.07. The normalized spacial score (nSPS) is 15.8. The summed E-state index contributed by atoms with van der Waals surface area (Å²) in [5.41, 5.74) is 0.835. The van der Waals surface area contributed by atoms with Crippen molar-refractivity contribution in [2.45, 2.75) is 39.3 Å². The molecule has 2 aromatic carbocycles. The van der Waals surface area contributed by atoms with Gasteiger partial charge in [-0.3, -0.25) is 14.4 Å². The predicted octanol–water partition coefficient (Wildman–Crippen LogP) is 3.91. The van der Waals surface area contributed by atoms with Crippen LogP contribution >= 0.6 is 11.6 Å². The van der Waals surface area contributed by atoms with Gasteiger partial charge < -0.3 is 15.1 Å². The standard InChI is InChI=1S/C24H28ClN3O3/c1-5-27-14-15-28(23(31)19-9-7-6-8-18(19)22(27)30)20(21(29)26-24(2,3)4)16-10-12-17(25)13-11-16/h6-13,20H,5,14-15H2,1-4H3,(H,26,29). The predicted molar refractivity (Wildman–Crippen MR) is 121 cm³/mol. The van der Waals surface area contributed by atoms with Gasteiger partial charge in [0.1, 0.15) is 6.04 Å². The molecule has 2 aromatic rings. The van der Waals surface area contributed by atoms with Gasteiger partial charge in [0.25, 0.3) is 11.8 Å². The molecule has 0 aromatic heterocycles. The number of carbonyl (C=O) groups excluding carboxylic acids is 3. The van der Waals surface area contributed by atoms with E-state index in [0.717, 1.165) is 0 Å². The molecule has 0 saturated heterocycles. The van der Waals surface area contributed by atoms with Gasteiger partial charge in [0, 0.05) is 30.2 Å². The molecule has 1 unspecified atom stereocenters. The van der Waals surface area contributed by atoms with Crippen LogP contribution < -0.4 is 5.32 Å². The summed E-state index contributed by atoms with van der Waals surface area (Å²) in [6.45, 7) is 8.66. The molecular formula is C24H28ClN3O3. The summed E-state index contributed by atoms with van der Waals surface area (Å²) < 4.78 is 0. The molecule has 0 bridgehead atoms. The van der Waals surface area contributed by atoms with Crippen LogP contribution in [0.5, 0.6) is 0 Å². The number of nitrogens with zero attached hydrogens (tertiary/aromatic N) is 2. The van der Waals surface area contributed by atoms with Gasteiger partial charge in [-0.15, -0.1) is 0 Å². The van der Waals surface area contributed by atoms with Crippen LogP contribution in [0.1, 0.15) is 60.0 Å². The van der Waals surface area contributed by atoms with Gasteiger partial charge in [0.2, 0.25) is 5.91 Å². The second-order valence-corrected chi connectivity index (χ2v) is 9.06. The first kappa shape index (κ1) is 22.8.